The highest BCUT2D eigenvalue weighted by atomic mass is 79.9. The zero-order valence-electron chi connectivity index (χ0n) is 9.19. The summed E-state index contributed by atoms with van der Waals surface area (Å²) in [5.41, 5.74) is 6.65. The summed E-state index contributed by atoms with van der Waals surface area (Å²) in [6, 6.07) is 8.58. The minimum absolute atomic E-state index is 0.447. The quantitative estimate of drug-likeness (QED) is 0.817. The third kappa shape index (κ3) is 2.44. The molecular weight excluding hydrogens is 270 g/mol. The zero-order valence-corrected chi connectivity index (χ0v) is 10.8. The van der Waals surface area contributed by atoms with Crippen molar-refractivity contribution < 1.29 is 9.90 Å². The van der Waals surface area contributed by atoms with E-state index in [0.717, 1.165) is 6.42 Å². The van der Waals surface area contributed by atoms with Gasteiger partial charge >= 0.3 is 5.97 Å². The molecule has 0 amide bonds. The second kappa shape index (κ2) is 5.46. The first kappa shape index (κ1) is 13.2. The van der Waals surface area contributed by atoms with Crippen molar-refractivity contribution in [1.29, 1.82) is 0 Å². The number of carboxylic acids is 1. The Hall–Kier alpha value is -0.870. The number of benzene rings is 1. The first-order chi connectivity index (χ1) is 7.53. The van der Waals surface area contributed by atoms with E-state index >= 15 is 0 Å². The van der Waals surface area contributed by atoms with Gasteiger partial charge in [0, 0.05) is 6.04 Å². The molecule has 0 saturated carbocycles. The van der Waals surface area contributed by atoms with Crippen LogP contribution in [-0.4, -0.2) is 17.1 Å². The van der Waals surface area contributed by atoms with E-state index in [1.165, 1.54) is 0 Å². The number of rotatable bonds is 5. The largest absolute Gasteiger partial charge is 0.480 e. The highest BCUT2D eigenvalue weighted by Gasteiger charge is 2.42. The molecule has 0 aliphatic rings. The Morgan fingerprint density at radius 1 is 1.50 bits per heavy atom. The molecule has 1 rings (SSSR count). The van der Waals surface area contributed by atoms with Gasteiger partial charge in [0.05, 0.1) is 0 Å². The van der Waals surface area contributed by atoms with Crippen LogP contribution in [0.1, 0.15) is 25.3 Å². The van der Waals surface area contributed by atoms with Crippen LogP contribution in [0.5, 0.6) is 0 Å². The lowest BCUT2D eigenvalue weighted by Gasteiger charge is -2.29. The predicted octanol–water partition coefficient (Wildman–Crippen LogP) is 2.49. The highest BCUT2D eigenvalue weighted by molar-refractivity contribution is 9.10. The van der Waals surface area contributed by atoms with E-state index in [1.807, 2.05) is 25.1 Å². The molecule has 0 spiro atoms. The van der Waals surface area contributed by atoms with Crippen molar-refractivity contribution in [3.05, 3.63) is 35.9 Å². The number of alkyl halides is 1. The fraction of sp³-hybridized carbons (Fsp3) is 0.417. The third-order valence-corrected chi connectivity index (χ3v) is 4.00. The minimum atomic E-state index is -1.19. The molecule has 0 aliphatic heterocycles. The number of carbonyl (C=O) groups is 1. The van der Waals surface area contributed by atoms with Crippen molar-refractivity contribution in [1.82, 2.24) is 0 Å². The Bertz CT molecular complexity index is 355. The van der Waals surface area contributed by atoms with Gasteiger partial charge in [-0.25, -0.2) is 0 Å². The van der Waals surface area contributed by atoms with Crippen LogP contribution < -0.4 is 5.73 Å². The van der Waals surface area contributed by atoms with Crippen LogP contribution in [0, 0.1) is 0 Å². The number of carboxylic acid groups (broad SMARTS) is 1. The second-order valence-corrected chi connectivity index (χ2v) is 5.03. The molecule has 16 heavy (non-hydrogen) atoms. The number of halogens is 1. The average Bonchev–Trinajstić information content (AvgIpc) is 2.29. The molecule has 2 unspecified atom stereocenters. The van der Waals surface area contributed by atoms with E-state index in [9.17, 15) is 9.90 Å². The average molecular weight is 286 g/mol. The summed E-state index contributed by atoms with van der Waals surface area (Å²) in [5, 5.41) is 9.36. The van der Waals surface area contributed by atoms with E-state index in [4.69, 9.17) is 5.73 Å². The molecule has 1 aromatic rings. The van der Waals surface area contributed by atoms with Crippen molar-refractivity contribution >= 4 is 21.9 Å². The molecule has 0 aromatic heterocycles. The molecule has 1 aromatic carbocycles. The number of hydrogen-bond donors (Lipinski definition) is 2. The van der Waals surface area contributed by atoms with Crippen LogP contribution in [-0.2, 0) is 9.12 Å². The lowest BCUT2D eigenvalue weighted by Crippen LogP contribution is -2.46. The first-order valence-electron chi connectivity index (χ1n) is 5.26. The normalized spacial score (nSPS) is 16.4. The van der Waals surface area contributed by atoms with Crippen LogP contribution in [0.25, 0.3) is 0 Å². The van der Waals surface area contributed by atoms with Gasteiger partial charge in [0.15, 0.2) is 4.32 Å². The molecule has 2 atom stereocenters. The Morgan fingerprint density at radius 2 is 2.06 bits per heavy atom. The SMILES string of the molecule is CCCC(N)C(Br)(C(=O)O)c1ccccc1. The van der Waals surface area contributed by atoms with Crippen LogP contribution >= 0.6 is 15.9 Å². The molecule has 0 bridgehead atoms. The van der Waals surface area contributed by atoms with Crippen molar-refractivity contribution in [3.63, 3.8) is 0 Å². The maximum absolute atomic E-state index is 11.4. The summed E-state index contributed by atoms with van der Waals surface area (Å²) in [7, 11) is 0. The summed E-state index contributed by atoms with van der Waals surface area (Å²) in [6.45, 7) is 1.99. The standard InChI is InChI=1S/C12H16BrNO2/c1-2-6-10(14)12(13,11(15)16)9-7-4-3-5-8-9/h3-5,7-8,10H,2,6,14H2,1H3,(H,15,16). The summed E-state index contributed by atoms with van der Waals surface area (Å²) in [5.74, 6) is -0.945. The molecule has 0 heterocycles. The van der Waals surface area contributed by atoms with Gasteiger partial charge in [-0.15, -0.1) is 0 Å². The highest BCUT2D eigenvalue weighted by Crippen LogP contribution is 2.36. The van der Waals surface area contributed by atoms with E-state index < -0.39 is 16.3 Å². The van der Waals surface area contributed by atoms with Gasteiger partial charge in [-0.2, -0.15) is 0 Å². The number of hydrogen-bond acceptors (Lipinski definition) is 2. The minimum Gasteiger partial charge on any atom is -0.480 e. The predicted molar refractivity (Wildman–Crippen MR) is 67.6 cm³/mol. The topological polar surface area (TPSA) is 63.3 Å². The van der Waals surface area contributed by atoms with Crippen molar-refractivity contribution in [3.8, 4) is 0 Å². The van der Waals surface area contributed by atoms with Gasteiger partial charge in [0.25, 0.3) is 0 Å². The fourth-order valence-corrected chi connectivity index (χ4v) is 2.18. The van der Waals surface area contributed by atoms with Gasteiger partial charge in [-0.1, -0.05) is 59.6 Å². The van der Waals surface area contributed by atoms with Gasteiger partial charge in [0.1, 0.15) is 0 Å². The maximum atomic E-state index is 11.4. The second-order valence-electron chi connectivity index (χ2n) is 3.78. The van der Waals surface area contributed by atoms with Crippen molar-refractivity contribution in [2.75, 3.05) is 0 Å². The van der Waals surface area contributed by atoms with E-state index in [2.05, 4.69) is 15.9 Å². The molecule has 3 nitrogen and oxygen atoms in total. The number of nitrogens with two attached hydrogens (primary N) is 1. The molecule has 0 radical (unpaired) electrons. The van der Waals surface area contributed by atoms with Crippen molar-refractivity contribution in [2.45, 2.75) is 30.1 Å². The Balaban J connectivity index is 3.12. The lowest BCUT2D eigenvalue weighted by molar-refractivity contribution is -0.140. The zero-order chi connectivity index (χ0) is 12.2. The molecule has 0 fully saturated rings. The third-order valence-electron chi connectivity index (χ3n) is 2.62. The number of aliphatic carboxylic acids is 1. The summed E-state index contributed by atoms with van der Waals surface area (Å²) < 4.78 is -1.19. The molecular formula is C12H16BrNO2. The van der Waals surface area contributed by atoms with Gasteiger partial charge in [-0.3, -0.25) is 4.79 Å². The van der Waals surface area contributed by atoms with Crippen LogP contribution in [0.3, 0.4) is 0 Å². The van der Waals surface area contributed by atoms with Gasteiger partial charge in [-0.05, 0) is 12.0 Å². The van der Waals surface area contributed by atoms with E-state index in [0.29, 0.717) is 12.0 Å². The summed E-state index contributed by atoms with van der Waals surface area (Å²) in [6.07, 6.45) is 1.51. The molecule has 0 aliphatic carbocycles. The fourth-order valence-electron chi connectivity index (χ4n) is 1.69. The molecule has 88 valence electrons. The van der Waals surface area contributed by atoms with Crippen LogP contribution in [0.15, 0.2) is 30.3 Å². The monoisotopic (exact) mass is 285 g/mol. The molecule has 0 saturated heterocycles. The smallest absolute Gasteiger partial charge is 0.326 e. The van der Waals surface area contributed by atoms with Gasteiger partial charge < -0.3 is 10.8 Å². The summed E-state index contributed by atoms with van der Waals surface area (Å²) >= 11 is 3.30. The Morgan fingerprint density at radius 3 is 2.50 bits per heavy atom. The first-order valence-corrected chi connectivity index (χ1v) is 6.06. The van der Waals surface area contributed by atoms with E-state index in [-0.39, 0.29) is 0 Å². The van der Waals surface area contributed by atoms with Crippen molar-refractivity contribution in [2.24, 2.45) is 5.73 Å². The lowest BCUT2D eigenvalue weighted by atomic mass is 9.89. The Labute approximate surface area is 104 Å². The Kier molecular flexibility index (Phi) is 4.50. The molecule has 3 N–H and O–H groups in total. The van der Waals surface area contributed by atoms with Gasteiger partial charge in [0.2, 0.25) is 0 Å². The van der Waals surface area contributed by atoms with Crippen LogP contribution in [0.2, 0.25) is 0 Å². The van der Waals surface area contributed by atoms with E-state index in [1.54, 1.807) is 12.1 Å². The molecule has 4 heteroatoms. The summed E-state index contributed by atoms with van der Waals surface area (Å²) in [4.78, 5) is 11.4. The van der Waals surface area contributed by atoms with Crippen LogP contribution in [0.4, 0.5) is 0 Å². The maximum Gasteiger partial charge on any atom is 0.326 e.